The second-order valence-corrected chi connectivity index (χ2v) is 6.37. The van der Waals surface area contributed by atoms with Gasteiger partial charge in [-0.05, 0) is 0 Å². The van der Waals surface area contributed by atoms with E-state index in [0.29, 0.717) is 71.6 Å². The zero-order valence-corrected chi connectivity index (χ0v) is 16.4. The van der Waals surface area contributed by atoms with Crippen molar-refractivity contribution in [2.45, 2.75) is 31.5 Å². The Kier molecular flexibility index (Phi) is 11.5. The number of piperidine rings is 1. The fourth-order valence-corrected chi connectivity index (χ4v) is 2.57. The number of aromatic nitrogens is 3. The van der Waals surface area contributed by atoms with Crippen LogP contribution in [0.1, 0.15) is 5.69 Å². The first-order chi connectivity index (χ1) is 13.7. The van der Waals surface area contributed by atoms with Crippen molar-refractivity contribution in [3.8, 4) is 0 Å². The lowest BCUT2D eigenvalue weighted by atomic mass is 10.0. The summed E-state index contributed by atoms with van der Waals surface area (Å²) in [5.41, 5.74) is 0.657. The van der Waals surface area contributed by atoms with E-state index in [-0.39, 0.29) is 6.61 Å². The van der Waals surface area contributed by atoms with E-state index < -0.39 is 18.3 Å². The molecular weight excluding hydrogens is 372 g/mol. The maximum absolute atomic E-state index is 9.89. The van der Waals surface area contributed by atoms with Gasteiger partial charge >= 0.3 is 0 Å². The Morgan fingerprint density at radius 3 is 2.43 bits per heavy atom. The summed E-state index contributed by atoms with van der Waals surface area (Å²) in [4.78, 5) is 0. The van der Waals surface area contributed by atoms with E-state index in [0.717, 1.165) is 0 Å². The van der Waals surface area contributed by atoms with E-state index >= 15 is 0 Å². The van der Waals surface area contributed by atoms with Crippen LogP contribution in [-0.2, 0) is 36.8 Å². The summed E-state index contributed by atoms with van der Waals surface area (Å²) in [6.45, 7) is 5.37. The summed E-state index contributed by atoms with van der Waals surface area (Å²) in [5.74, 6) is 0. The fraction of sp³-hybridized carbons (Fsp3) is 0.882. The molecule has 1 aromatic rings. The van der Waals surface area contributed by atoms with Gasteiger partial charge in [0.15, 0.2) is 0 Å². The quantitative estimate of drug-likeness (QED) is 0.288. The van der Waals surface area contributed by atoms with Crippen LogP contribution >= 0.6 is 0 Å². The molecule has 11 nitrogen and oxygen atoms in total. The predicted octanol–water partition coefficient (Wildman–Crippen LogP) is -1.82. The molecule has 0 aromatic carbocycles. The highest BCUT2D eigenvalue weighted by Crippen LogP contribution is 2.10. The molecular formula is C17H32N4O7. The molecule has 1 saturated heterocycles. The maximum atomic E-state index is 9.89. The third-order valence-electron chi connectivity index (χ3n) is 4.15. The van der Waals surface area contributed by atoms with Gasteiger partial charge in [-0.1, -0.05) is 5.21 Å². The minimum absolute atomic E-state index is 0.220. The number of nitrogens with one attached hydrogen (secondary N) is 1. The summed E-state index contributed by atoms with van der Waals surface area (Å²) < 4.78 is 28.3. The Bertz CT molecular complexity index is 519. The first-order valence-corrected chi connectivity index (χ1v) is 9.50. The van der Waals surface area contributed by atoms with E-state index in [2.05, 4.69) is 15.6 Å². The van der Waals surface area contributed by atoms with Gasteiger partial charge in [0.2, 0.25) is 0 Å². The second-order valence-electron chi connectivity index (χ2n) is 6.37. The number of rotatable bonds is 15. The van der Waals surface area contributed by atoms with Crippen molar-refractivity contribution in [3.63, 3.8) is 0 Å². The minimum Gasteiger partial charge on any atom is -0.389 e. The molecule has 2 heterocycles. The van der Waals surface area contributed by atoms with Gasteiger partial charge in [-0.2, -0.15) is 0 Å². The maximum Gasteiger partial charge on any atom is 0.108 e. The van der Waals surface area contributed by atoms with Crippen molar-refractivity contribution < 1.29 is 33.9 Å². The zero-order valence-electron chi connectivity index (χ0n) is 16.4. The number of aliphatic hydroxyl groups is 2. The molecule has 0 amide bonds. The van der Waals surface area contributed by atoms with Crippen LogP contribution in [0.4, 0.5) is 0 Å². The number of aliphatic hydroxyl groups excluding tert-OH is 2. The van der Waals surface area contributed by atoms with Crippen LogP contribution in [-0.4, -0.2) is 110 Å². The number of nitrogens with zero attached hydrogens (tertiary/aromatic N) is 3. The molecule has 3 N–H and O–H groups in total. The van der Waals surface area contributed by atoms with Gasteiger partial charge < -0.3 is 39.2 Å². The molecule has 1 aliphatic rings. The van der Waals surface area contributed by atoms with E-state index in [1.165, 1.54) is 0 Å². The van der Waals surface area contributed by atoms with E-state index in [9.17, 15) is 10.2 Å². The summed E-state index contributed by atoms with van der Waals surface area (Å²) in [5, 5.41) is 30.6. The van der Waals surface area contributed by atoms with Crippen molar-refractivity contribution in [2.75, 3.05) is 66.4 Å². The summed E-state index contributed by atoms with van der Waals surface area (Å²) >= 11 is 0. The van der Waals surface area contributed by atoms with Crippen LogP contribution in [0.3, 0.4) is 0 Å². The van der Waals surface area contributed by atoms with Crippen LogP contribution in [0.5, 0.6) is 0 Å². The van der Waals surface area contributed by atoms with Gasteiger partial charge in [0.1, 0.15) is 11.8 Å². The molecule has 11 heteroatoms. The summed E-state index contributed by atoms with van der Waals surface area (Å²) in [7, 11) is 1.64. The number of hydrogen-bond donors (Lipinski definition) is 3. The standard InChI is InChI=1S/C17H32N4O7/c1-24-4-5-26-8-9-27-7-6-25-3-2-21-12-14(19-20-21)13-28-16-11-18-10-15(22)17(16)23/h12,15-18,22-23H,2-11,13H2,1H3/t15-,16+,17+/m0/s1. The lowest BCUT2D eigenvalue weighted by molar-refractivity contribution is -0.109. The molecule has 28 heavy (non-hydrogen) atoms. The third kappa shape index (κ3) is 8.88. The lowest BCUT2D eigenvalue weighted by Crippen LogP contribution is -2.54. The Labute approximate surface area is 164 Å². The highest BCUT2D eigenvalue weighted by atomic mass is 16.6. The van der Waals surface area contributed by atoms with Gasteiger partial charge in [-0.15, -0.1) is 5.10 Å². The molecule has 1 fully saturated rings. The van der Waals surface area contributed by atoms with Crippen LogP contribution in [0.25, 0.3) is 0 Å². The number of methoxy groups -OCH3 is 1. The van der Waals surface area contributed by atoms with Crippen LogP contribution in [0, 0.1) is 0 Å². The van der Waals surface area contributed by atoms with Gasteiger partial charge in [-0.25, -0.2) is 4.68 Å². The molecule has 0 spiro atoms. The van der Waals surface area contributed by atoms with Crippen molar-refractivity contribution in [1.29, 1.82) is 0 Å². The Hall–Kier alpha value is -1.18. The molecule has 162 valence electrons. The third-order valence-corrected chi connectivity index (χ3v) is 4.15. The predicted molar refractivity (Wildman–Crippen MR) is 97.8 cm³/mol. The van der Waals surface area contributed by atoms with Crippen molar-refractivity contribution >= 4 is 0 Å². The molecule has 2 rings (SSSR count). The molecule has 0 radical (unpaired) electrons. The van der Waals surface area contributed by atoms with Gasteiger partial charge in [0, 0.05) is 20.2 Å². The SMILES string of the molecule is COCCOCCOCCOCCn1cc(CO[C@@H]2CNC[C@H](O)[C@H]2O)nn1. The zero-order chi connectivity index (χ0) is 20.0. The van der Waals surface area contributed by atoms with E-state index in [1.54, 1.807) is 18.0 Å². The molecule has 0 aliphatic carbocycles. The van der Waals surface area contributed by atoms with Crippen LogP contribution in [0.15, 0.2) is 6.20 Å². The smallest absolute Gasteiger partial charge is 0.108 e. The molecule has 1 aliphatic heterocycles. The number of β-amino-alcohol motifs (C(OH)–C–C–N with tert-alkyl or cyclic N) is 1. The molecule has 1 aromatic heterocycles. The Morgan fingerprint density at radius 1 is 1.04 bits per heavy atom. The molecule has 0 bridgehead atoms. The minimum atomic E-state index is -0.899. The number of hydrogen-bond acceptors (Lipinski definition) is 10. The Morgan fingerprint density at radius 2 is 1.71 bits per heavy atom. The average molecular weight is 404 g/mol. The molecule has 0 unspecified atom stereocenters. The molecule has 0 saturated carbocycles. The van der Waals surface area contributed by atoms with E-state index in [4.69, 9.17) is 23.7 Å². The fourth-order valence-electron chi connectivity index (χ4n) is 2.57. The van der Waals surface area contributed by atoms with Crippen molar-refractivity contribution in [2.24, 2.45) is 0 Å². The van der Waals surface area contributed by atoms with Gasteiger partial charge in [0.05, 0.1) is 77.8 Å². The second kappa shape index (κ2) is 13.9. The van der Waals surface area contributed by atoms with Crippen LogP contribution < -0.4 is 5.32 Å². The molecule has 3 atom stereocenters. The average Bonchev–Trinajstić information content (AvgIpc) is 3.15. The first-order valence-electron chi connectivity index (χ1n) is 9.50. The van der Waals surface area contributed by atoms with Gasteiger partial charge in [0.25, 0.3) is 0 Å². The lowest BCUT2D eigenvalue weighted by Gasteiger charge is -2.32. The van der Waals surface area contributed by atoms with Crippen molar-refractivity contribution in [1.82, 2.24) is 20.3 Å². The number of ether oxygens (including phenoxy) is 5. The normalized spacial score (nSPS) is 22.6. The summed E-state index contributed by atoms with van der Waals surface area (Å²) in [6.07, 6.45) is -0.416. The first kappa shape index (κ1) is 23.1. The topological polar surface area (TPSA) is 129 Å². The monoisotopic (exact) mass is 404 g/mol. The Balaban J connectivity index is 1.48. The highest BCUT2D eigenvalue weighted by molar-refractivity contribution is 4.91. The highest BCUT2D eigenvalue weighted by Gasteiger charge is 2.31. The summed E-state index contributed by atoms with van der Waals surface area (Å²) in [6, 6.07) is 0. The van der Waals surface area contributed by atoms with Crippen LogP contribution in [0.2, 0.25) is 0 Å². The largest absolute Gasteiger partial charge is 0.389 e. The van der Waals surface area contributed by atoms with Crippen molar-refractivity contribution in [3.05, 3.63) is 11.9 Å². The van der Waals surface area contributed by atoms with Gasteiger partial charge in [-0.3, -0.25) is 0 Å². The van der Waals surface area contributed by atoms with E-state index in [1.807, 2.05) is 0 Å².